The lowest BCUT2D eigenvalue weighted by atomic mass is 9.94. The van der Waals surface area contributed by atoms with Gasteiger partial charge in [-0.05, 0) is 64.0 Å². The standard InChI is InChI=1S/C36H23N3/c1-3-11-24(12-4-1)26-21-27(25-13-5-2-6-14-25)23-28(22-26)39-33-18-10-8-16-31(33)35-34-30(19-20-37-35)29-15-7-9-17-32(29)38-36(34)39/h1-23H. The summed E-state index contributed by atoms with van der Waals surface area (Å²) in [5, 5.41) is 3.39. The molecule has 7 aromatic rings. The Bertz CT molecular complexity index is 1960. The lowest BCUT2D eigenvalue weighted by Gasteiger charge is -2.32. The van der Waals surface area contributed by atoms with Crippen LogP contribution in [0.5, 0.6) is 0 Å². The molecule has 0 fully saturated rings. The Morgan fingerprint density at radius 3 is 1.90 bits per heavy atom. The highest BCUT2D eigenvalue weighted by atomic mass is 15.2. The van der Waals surface area contributed by atoms with Crippen LogP contribution in [0.3, 0.4) is 0 Å². The third kappa shape index (κ3) is 3.44. The molecule has 182 valence electrons. The Hall–Kier alpha value is -5.28. The van der Waals surface area contributed by atoms with Gasteiger partial charge < -0.3 is 0 Å². The maximum atomic E-state index is 5.28. The number of pyridine rings is 2. The summed E-state index contributed by atoms with van der Waals surface area (Å²) < 4.78 is 0. The van der Waals surface area contributed by atoms with E-state index in [0.717, 1.165) is 44.7 Å². The van der Waals surface area contributed by atoms with Gasteiger partial charge in [-0.2, -0.15) is 0 Å². The van der Waals surface area contributed by atoms with E-state index in [1.807, 2.05) is 6.20 Å². The molecule has 0 radical (unpaired) electrons. The van der Waals surface area contributed by atoms with Crippen molar-refractivity contribution in [3.8, 4) is 33.5 Å². The molecule has 0 bridgehead atoms. The van der Waals surface area contributed by atoms with Crippen molar-refractivity contribution in [1.82, 2.24) is 9.97 Å². The summed E-state index contributed by atoms with van der Waals surface area (Å²) in [6.07, 6.45) is 1.92. The molecular formula is C36H23N3. The summed E-state index contributed by atoms with van der Waals surface area (Å²) in [6.45, 7) is 0. The predicted molar refractivity (Wildman–Crippen MR) is 162 cm³/mol. The second-order valence-electron chi connectivity index (χ2n) is 9.89. The van der Waals surface area contributed by atoms with E-state index in [4.69, 9.17) is 9.97 Å². The number of rotatable bonds is 3. The van der Waals surface area contributed by atoms with E-state index in [2.05, 4.69) is 138 Å². The van der Waals surface area contributed by atoms with Crippen LogP contribution in [0.1, 0.15) is 0 Å². The van der Waals surface area contributed by atoms with Crippen LogP contribution in [0.15, 0.2) is 140 Å². The lowest BCUT2D eigenvalue weighted by Crippen LogP contribution is -2.17. The van der Waals surface area contributed by atoms with Gasteiger partial charge in [0.05, 0.1) is 22.3 Å². The number of anilines is 3. The summed E-state index contributed by atoms with van der Waals surface area (Å²) in [7, 11) is 0. The second kappa shape index (κ2) is 8.64. The topological polar surface area (TPSA) is 29.0 Å². The van der Waals surface area contributed by atoms with Gasteiger partial charge in [0, 0.05) is 22.8 Å². The van der Waals surface area contributed by atoms with Crippen molar-refractivity contribution in [2.75, 3.05) is 4.90 Å². The minimum absolute atomic E-state index is 0.912. The molecule has 3 heteroatoms. The monoisotopic (exact) mass is 497 g/mol. The van der Waals surface area contributed by atoms with Gasteiger partial charge in [0.1, 0.15) is 5.82 Å². The average Bonchev–Trinajstić information content (AvgIpc) is 3.02. The fourth-order valence-corrected chi connectivity index (χ4v) is 5.83. The number of benzene rings is 5. The number of aromatic nitrogens is 2. The predicted octanol–water partition coefficient (Wildman–Crippen LogP) is 9.57. The smallest absolute Gasteiger partial charge is 0.148 e. The number of hydrogen-bond donors (Lipinski definition) is 0. The first-order valence-electron chi connectivity index (χ1n) is 13.2. The lowest BCUT2D eigenvalue weighted by molar-refractivity contribution is 1.20. The summed E-state index contributed by atoms with van der Waals surface area (Å²) in [5.74, 6) is 0.912. The molecule has 0 spiro atoms. The van der Waals surface area contributed by atoms with Gasteiger partial charge in [0.25, 0.3) is 0 Å². The van der Waals surface area contributed by atoms with E-state index >= 15 is 0 Å². The Labute approximate surface area is 226 Å². The highest BCUT2D eigenvalue weighted by Crippen LogP contribution is 2.51. The molecule has 0 unspecified atom stereocenters. The van der Waals surface area contributed by atoms with Crippen LogP contribution < -0.4 is 4.90 Å². The van der Waals surface area contributed by atoms with Crippen LogP contribution in [0.4, 0.5) is 17.2 Å². The highest BCUT2D eigenvalue weighted by Gasteiger charge is 2.29. The fourth-order valence-electron chi connectivity index (χ4n) is 5.83. The summed E-state index contributed by atoms with van der Waals surface area (Å²) in [5.41, 5.74) is 9.91. The quantitative estimate of drug-likeness (QED) is 0.228. The maximum Gasteiger partial charge on any atom is 0.148 e. The van der Waals surface area contributed by atoms with Gasteiger partial charge in [0.15, 0.2) is 0 Å². The molecule has 3 heterocycles. The van der Waals surface area contributed by atoms with Crippen LogP contribution >= 0.6 is 0 Å². The van der Waals surface area contributed by atoms with Crippen LogP contribution in [0, 0.1) is 0 Å². The van der Waals surface area contributed by atoms with Crippen LogP contribution in [-0.4, -0.2) is 9.97 Å². The third-order valence-corrected chi connectivity index (χ3v) is 7.60. The van der Waals surface area contributed by atoms with Crippen LogP contribution in [0.2, 0.25) is 0 Å². The molecule has 8 rings (SSSR count). The van der Waals surface area contributed by atoms with Gasteiger partial charge in [0.2, 0.25) is 0 Å². The molecule has 2 aromatic heterocycles. The van der Waals surface area contributed by atoms with Crippen molar-refractivity contribution in [2.24, 2.45) is 0 Å². The van der Waals surface area contributed by atoms with Gasteiger partial charge in [-0.3, -0.25) is 9.88 Å². The molecule has 0 atom stereocenters. The zero-order valence-corrected chi connectivity index (χ0v) is 21.1. The molecule has 39 heavy (non-hydrogen) atoms. The first kappa shape index (κ1) is 21.8. The summed E-state index contributed by atoms with van der Waals surface area (Å²) in [4.78, 5) is 12.5. The fraction of sp³-hybridized carbons (Fsp3) is 0. The molecule has 1 aliphatic heterocycles. The third-order valence-electron chi connectivity index (χ3n) is 7.60. The Balaban J connectivity index is 1.48. The highest BCUT2D eigenvalue weighted by molar-refractivity contribution is 6.19. The van der Waals surface area contributed by atoms with E-state index in [1.165, 1.54) is 27.6 Å². The molecule has 0 N–H and O–H groups in total. The number of fused-ring (bicyclic) bond motifs is 4. The Kier molecular flexibility index (Phi) is 4.82. The van der Waals surface area contributed by atoms with E-state index in [-0.39, 0.29) is 0 Å². The number of nitrogens with zero attached hydrogens (tertiary/aromatic N) is 3. The van der Waals surface area contributed by atoms with E-state index in [9.17, 15) is 0 Å². The zero-order valence-electron chi connectivity index (χ0n) is 21.1. The molecule has 3 nitrogen and oxygen atoms in total. The van der Waals surface area contributed by atoms with E-state index in [1.54, 1.807) is 0 Å². The Morgan fingerprint density at radius 2 is 1.15 bits per heavy atom. The number of hydrogen-bond acceptors (Lipinski definition) is 3. The SMILES string of the molecule is c1ccc(-c2cc(-c3ccccc3)cc(N3c4ccccc4-c4nccc5c4c3nc3ccccc35)c2)cc1. The van der Waals surface area contributed by atoms with Crippen molar-refractivity contribution in [1.29, 1.82) is 0 Å². The molecular weight excluding hydrogens is 474 g/mol. The van der Waals surface area contributed by atoms with Gasteiger partial charge in [-0.25, -0.2) is 4.98 Å². The minimum Gasteiger partial charge on any atom is -0.294 e. The first-order chi connectivity index (χ1) is 19.3. The minimum atomic E-state index is 0.912. The van der Waals surface area contributed by atoms with Gasteiger partial charge in [-0.15, -0.1) is 0 Å². The Morgan fingerprint density at radius 1 is 0.513 bits per heavy atom. The molecule has 0 saturated heterocycles. The van der Waals surface area contributed by atoms with Gasteiger partial charge >= 0.3 is 0 Å². The zero-order chi connectivity index (χ0) is 25.8. The van der Waals surface area contributed by atoms with E-state index < -0.39 is 0 Å². The van der Waals surface area contributed by atoms with Crippen LogP contribution in [0.25, 0.3) is 55.2 Å². The number of para-hydroxylation sites is 2. The maximum absolute atomic E-state index is 5.28. The van der Waals surface area contributed by atoms with Gasteiger partial charge in [-0.1, -0.05) is 97.1 Å². The van der Waals surface area contributed by atoms with Crippen molar-refractivity contribution in [3.05, 3.63) is 140 Å². The summed E-state index contributed by atoms with van der Waals surface area (Å²) >= 11 is 0. The van der Waals surface area contributed by atoms with Crippen LogP contribution in [-0.2, 0) is 0 Å². The molecule has 1 aliphatic rings. The van der Waals surface area contributed by atoms with Crippen molar-refractivity contribution in [3.63, 3.8) is 0 Å². The first-order valence-corrected chi connectivity index (χ1v) is 13.2. The summed E-state index contributed by atoms with van der Waals surface area (Å²) in [6, 6.07) is 47.1. The molecule has 0 aliphatic carbocycles. The average molecular weight is 498 g/mol. The molecule has 5 aromatic carbocycles. The largest absolute Gasteiger partial charge is 0.294 e. The van der Waals surface area contributed by atoms with Crippen molar-refractivity contribution in [2.45, 2.75) is 0 Å². The van der Waals surface area contributed by atoms with E-state index in [0.29, 0.717) is 0 Å². The normalized spacial score (nSPS) is 12.1. The van der Waals surface area contributed by atoms with Crippen molar-refractivity contribution < 1.29 is 0 Å². The molecule has 0 amide bonds. The second-order valence-corrected chi connectivity index (χ2v) is 9.89. The van der Waals surface area contributed by atoms with Crippen molar-refractivity contribution >= 4 is 38.9 Å². The molecule has 0 saturated carbocycles.